The molecule has 0 aromatic heterocycles. The Morgan fingerprint density at radius 3 is 1.05 bits per heavy atom. The van der Waals surface area contributed by atoms with Gasteiger partial charge < -0.3 is 18.5 Å². The van der Waals surface area contributed by atoms with Crippen molar-refractivity contribution in [2.45, 2.75) is 168 Å². The van der Waals surface area contributed by atoms with Crippen LogP contribution in [0.4, 0.5) is 0 Å². The summed E-state index contributed by atoms with van der Waals surface area (Å²) in [7, 11) is 4.61. The van der Waals surface area contributed by atoms with Crippen LogP contribution in [0.15, 0.2) is 0 Å². The molecule has 0 N–H and O–H groups in total. The molecule has 0 spiro atoms. The van der Waals surface area contributed by atoms with Crippen molar-refractivity contribution in [3.63, 3.8) is 0 Å². The lowest BCUT2D eigenvalue weighted by molar-refractivity contribution is -0.870. The lowest BCUT2D eigenvalue weighted by atomic mass is 10.1. The molecule has 0 bridgehead atoms. The second-order valence-electron chi connectivity index (χ2n) is 12.3. The average molecular weight is 548 g/mol. The first-order chi connectivity index (χ1) is 17.7. The molecule has 1 atom stereocenters. The van der Waals surface area contributed by atoms with Crippen molar-refractivity contribution >= 4 is 7.60 Å². The third-order valence-electron chi connectivity index (χ3n) is 7.25. The molecule has 1 unspecified atom stereocenters. The van der Waals surface area contributed by atoms with Gasteiger partial charge in [-0.15, -0.1) is 0 Å². The highest BCUT2D eigenvalue weighted by Crippen LogP contribution is 2.36. The number of hydrogen-bond acceptors (Lipinski definition) is 3. The van der Waals surface area contributed by atoms with E-state index in [1.165, 1.54) is 148 Å². The van der Waals surface area contributed by atoms with E-state index in [-0.39, 0.29) is 6.16 Å². The van der Waals surface area contributed by atoms with Crippen LogP contribution in [0.1, 0.15) is 168 Å². The van der Waals surface area contributed by atoms with E-state index in [0.29, 0.717) is 0 Å². The zero-order valence-electron chi connectivity index (χ0n) is 26.5. The van der Waals surface area contributed by atoms with Gasteiger partial charge in [-0.25, -0.2) is 0 Å². The van der Waals surface area contributed by atoms with Gasteiger partial charge in [-0.3, -0.25) is 0 Å². The standard InChI is InChI=1S/C17H38N.C15H33O3P/c1-5-6-7-8-9-10-11-12-13-14-15-16-17-18(2,3)4;1-3-4-5-6-7-8-9-10-11-12-13-14-15-19(16,17)18-2/h5-17H2,1-4H3;3-15H2,1-2H3,(H,16,17)/q+1;/p-1. The average Bonchev–Trinajstić information content (AvgIpc) is 2.85. The molecule has 0 fully saturated rings. The topological polar surface area (TPSA) is 49.4 Å². The molecule has 0 rings (SSSR count). The summed E-state index contributed by atoms with van der Waals surface area (Å²) in [6.45, 7) is 5.87. The van der Waals surface area contributed by atoms with Gasteiger partial charge in [0.25, 0.3) is 0 Å². The van der Waals surface area contributed by atoms with Gasteiger partial charge in [0.05, 0.1) is 27.7 Å². The molecule has 37 heavy (non-hydrogen) atoms. The summed E-state index contributed by atoms with van der Waals surface area (Å²) >= 11 is 0. The molecular formula is C32H70NO3P. The van der Waals surface area contributed by atoms with Crippen molar-refractivity contribution < 1.29 is 18.5 Å². The number of quaternary nitrogens is 1. The predicted octanol–water partition coefficient (Wildman–Crippen LogP) is 10.3. The van der Waals surface area contributed by atoms with Crippen LogP contribution in [0, 0.1) is 0 Å². The maximum absolute atomic E-state index is 11.1. The third-order valence-corrected chi connectivity index (χ3v) is 8.67. The van der Waals surface area contributed by atoms with Crippen LogP contribution in [-0.4, -0.2) is 45.4 Å². The Hall–Kier alpha value is 0.110. The molecule has 0 aliphatic rings. The summed E-state index contributed by atoms with van der Waals surface area (Å²) in [4.78, 5) is 11.1. The summed E-state index contributed by atoms with van der Waals surface area (Å²) in [5.41, 5.74) is 0. The Labute approximate surface area is 234 Å². The molecule has 226 valence electrons. The summed E-state index contributed by atoms with van der Waals surface area (Å²) in [5, 5.41) is 0. The highest BCUT2D eigenvalue weighted by molar-refractivity contribution is 7.51. The second kappa shape index (κ2) is 29.1. The minimum Gasteiger partial charge on any atom is -0.779 e. The first-order valence-electron chi connectivity index (χ1n) is 16.3. The fourth-order valence-electron chi connectivity index (χ4n) is 4.66. The molecule has 0 aliphatic carbocycles. The molecule has 0 saturated carbocycles. The van der Waals surface area contributed by atoms with Crippen molar-refractivity contribution in [3.8, 4) is 0 Å². The molecular weight excluding hydrogens is 477 g/mol. The van der Waals surface area contributed by atoms with Crippen LogP contribution < -0.4 is 4.89 Å². The Morgan fingerprint density at radius 1 is 0.514 bits per heavy atom. The summed E-state index contributed by atoms with van der Waals surface area (Å²) in [6.07, 6.45) is 32.6. The SMILES string of the molecule is CCCCCCCCCCCCCCP(=O)([O-])OC.CCCCCCCCCCCCCC[N+](C)(C)C. The number of rotatable bonds is 27. The molecule has 0 aliphatic heterocycles. The zero-order valence-corrected chi connectivity index (χ0v) is 27.4. The lowest BCUT2D eigenvalue weighted by Gasteiger charge is -2.23. The summed E-state index contributed by atoms with van der Waals surface area (Å²) in [5.74, 6) is 0. The van der Waals surface area contributed by atoms with Crippen molar-refractivity contribution in [1.29, 1.82) is 0 Å². The third kappa shape index (κ3) is 38.3. The second-order valence-corrected chi connectivity index (χ2v) is 14.3. The van der Waals surface area contributed by atoms with Gasteiger partial charge in [-0.05, 0) is 19.3 Å². The molecule has 0 heterocycles. The van der Waals surface area contributed by atoms with Gasteiger partial charge in [0.2, 0.25) is 0 Å². The van der Waals surface area contributed by atoms with Gasteiger partial charge in [0.15, 0.2) is 0 Å². The van der Waals surface area contributed by atoms with E-state index in [1.807, 2.05) is 0 Å². The highest BCUT2D eigenvalue weighted by Gasteiger charge is 2.05. The Bertz CT molecular complexity index is 479. The Morgan fingerprint density at radius 2 is 0.784 bits per heavy atom. The van der Waals surface area contributed by atoms with Crippen LogP contribution in [-0.2, 0) is 9.09 Å². The minimum atomic E-state index is -3.50. The summed E-state index contributed by atoms with van der Waals surface area (Å²) < 4.78 is 16.6. The van der Waals surface area contributed by atoms with Crippen molar-refractivity contribution in [1.82, 2.24) is 0 Å². The number of nitrogens with zero attached hydrogens (tertiary/aromatic N) is 1. The van der Waals surface area contributed by atoms with Gasteiger partial charge in [-0.2, -0.15) is 0 Å². The van der Waals surface area contributed by atoms with E-state index in [2.05, 4.69) is 39.5 Å². The van der Waals surface area contributed by atoms with E-state index in [1.54, 1.807) is 0 Å². The minimum absolute atomic E-state index is 0.195. The molecule has 5 heteroatoms. The Balaban J connectivity index is 0. The van der Waals surface area contributed by atoms with Crippen LogP contribution >= 0.6 is 7.60 Å². The van der Waals surface area contributed by atoms with Crippen molar-refractivity contribution in [3.05, 3.63) is 0 Å². The van der Waals surface area contributed by atoms with E-state index >= 15 is 0 Å². The molecule has 0 saturated heterocycles. The number of unbranched alkanes of at least 4 members (excludes halogenated alkanes) is 22. The van der Waals surface area contributed by atoms with Crippen LogP contribution in [0.5, 0.6) is 0 Å². The fraction of sp³-hybridized carbons (Fsp3) is 1.00. The largest absolute Gasteiger partial charge is 0.779 e. The normalized spacial score (nSPS) is 13.3. The van der Waals surface area contributed by atoms with Crippen LogP contribution in [0.25, 0.3) is 0 Å². The highest BCUT2D eigenvalue weighted by atomic mass is 31.2. The first-order valence-corrected chi connectivity index (χ1v) is 18.1. The maximum atomic E-state index is 11.1. The van der Waals surface area contributed by atoms with Crippen molar-refractivity contribution in [2.75, 3.05) is 41.0 Å². The van der Waals surface area contributed by atoms with E-state index < -0.39 is 7.60 Å². The molecule has 0 aromatic rings. The van der Waals surface area contributed by atoms with E-state index in [0.717, 1.165) is 23.7 Å². The van der Waals surface area contributed by atoms with Crippen molar-refractivity contribution in [2.24, 2.45) is 0 Å². The van der Waals surface area contributed by atoms with Gasteiger partial charge in [0, 0.05) is 13.3 Å². The maximum Gasteiger partial charge on any atom is 0.134 e. The first kappa shape index (κ1) is 39.3. The molecule has 0 aromatic carbocycles. The zero-order chi connectivity index (χ0) is 28.1. The van der Waals surface area contributed by atoms with E-state index in [4.69, 9.17) is 0 Å². The lowest BCUT2D eigenvalue weighted by Crippen LogP contribution is -2.35. The monoisotopic (exact) mass is 548 g/mol. The quantitative estimate of drug-likeness (QED) is 0.0584. The van der Waals surface area contributed by atoms with Gasteiger partial charge >= 0.3 is 0 Å². The van der Waals surface area contributed by atoms with Gasteiger partial charge in [-0.1, -0.05) is 149 Å². The van der Waals surface area contributed by atoms with Crippen LogP contribution in [0.2, 0.25) is 0 Å². The molecule has 0 amide bonds. The van der Waals surface area contributed by atoms with Crippen LogP contribution in [0.3, 0.4) is 0 Å². The van der Waals surface area contributed by atoms with Gasteiger partial charge in [0.1, 0.15) is 7.60 Å². The predicted molar refractivity (Wildman–Crippen MR) is 165 cm³/mol. The molecule has 0 radical (unpaired) electrons. The fourth-order valence-corrected chi connectivity index (χ4v) is 5.46. The smallest absolute Gasteiger partial charge is 0.134 e. The van der Waals surface area contributed by atoms with E-state index in [9.17, 15) is 9.46 Å². The number of hydrogen-bond donors (Lipinski definition) is 0. The summed E-state index contributed by atoms with van der Waals surface area (Å²) in [6, 6.07) is 0. The molecule has 4 nitrogen and oxygen atoms in total. The Kier molecular flexibility index (Phi) is 30.9.